The van der Waals surface area contributed by atoms with E-state index in [0.717, 1.165) is 5.56 Å². The standard InChI is InChI=1S/C25H30N2O6S/c1-18-9-11-19(12-10-18)34(31,32)27-15-13-26(14-16-27)23(29)20-7-5-6-8-21(20)24(30)33-17-22(28)25(2,3)4/h5-12H,13-17H2,1-4H3. The van der Waals surface area contributed by atoms with E-state index < -0.39 is 21.4 Å². The van der Waals surface area contributed by atoms with E-state index in [9.17, 15) is 22.8 Å². The second kappa shape index (κ2) is 10.1. The number of piperazine rings is 1. The summed E-state index contributed by atoms with van der Waals surface area (Å²) in [5.41, 5.74) is 0.553. The van der Waals surface area contributed by atoms with Crippen molar-refractivity contribution in [2.75, 3.05) is 32.8 Å². The monoisotopic (exact) mass is 486 g/mol. The van der Waals surface area contributed by atoms with E-state index in [2.05, 4.69) is 0 Å². The minimum Gasteiger partial charge on any atom is -0.454 e. The van der Waals surface area contributed by atoms with Gasteiger partial charge in [-0.1, -0.05) is 50.6 Å². The molecule has 0 atom stereocenters. The van der Waals surface area contributed by atoms with Crippen LogP contribution in [0.3, 0.4) is 0 Å². The summed E-state index contributed by atoms with van der Waals surface area (Å²) >= 11 is 0. The number of carbonyl (C=O) groups is 3. The smallest absolute Gasteiger partial charge is 0.339 e. The highest BCUT2D eigenvalue weighted by Crippen LogP contribution is 2.21. The normalized spacial score (nSPS) is 15.1. The molecule has 2 aromatic rings. The number of Topliss-reactive ketones (excluding diaryl/α,β-unsaturated/α-hetero) is 1. The molecule has 2 aromatic carbocycles. The largest absolute Gasteiger partial charge is 0.454 e. The fourth-order valence-electron chi connectivity index (χ4n) is 3.43. The van der Waals surface area contributed by atoms with Gasteiger partial charge in [-0.15, -0.1) is 0 Å². The van der Waals surface area contributed by atoms with Crippen molar-refractivity contribution in [2.24, 2.45) is 5.41 Å². The maximum atomic E-state index is 13.2. The number of aryl methyl sites for hydroxylation is 1. The summed E-state index contributed by atoms with van der Waals surface area (Å²) in [7, 11) is -3.65. The predicted molar refractivity (Wildman–Crippen MR) is 127 cm³/mol. The highest BCUT2D eigenvalue weighted by molar-refractivity contribution is 7.89. The van der Waals surface area contributed by atoms with Gasteiger partial charge in [-0.05, 0) is 31.2 Å². The van der Waals surface area contributed by atoms with Gasteiger partial charge in [-0.2, -0.15) is 4.31 Å². The van der Waals surface area contributed by atoms with Gasteiger partial charge in [0.15, 0.2) is 12.4 Å². The van der Waals surface area contributed by atoms with Gasteiger partial charge >= 0.3 is 5.97 Å². The fraction of sp³-hybridized carbons (Fsp3) is 0.400. The maximum absolute atomic E-state index is 13.2. The molecule has 1 aliphatic rings. The Labute approximate surface area is 200 Å². The molecule has 9 heteroatoms. The molecule has 0 unspecified atom stereocenters. The highest BCUT2D eigenvalue weighted by atomic mass is 32.2. The van der Waals surface area contributed by atoms with Crippen LogP contribution in [-0.4, -0.2) is 68.1 Å². The van der Waals surface area contributed by atoms with Crippen LogP contribution in [0.4, 0.5) is 0 Å². The van der Waals surface area contributed by atoms with E-state index >= 15 is 0 Å². The van der Waals surface area contributed by atoms with Gasteiger partial charge in [0.2, 0.25) is 10.0 Å². The van der Waals surface area contributed by atoms with Crippen LogP contribution in [0, 0.1) is 12.3 Å². The molecule has 0 aliphatic carbocycles. The zero-order valence-corrected chi connectivity index (χ0v) is 20.7. The Kier molecular flexibility index (Phi) is 7.57. The Morgan fingerprint density at radius 1 is 0.882 bits per heavy atom. The molecule has 3 rings (SSSR count). The average molecular weight is 487 g/mol. The second-order valence-electron chi connectivity index (χ2n) is 9.30. The molecule has 0 spiro atoms. The van der Waals surface area contributed by atoms with E-state index in [0.29, 0.717) is 0 Å². The van der Waals surface area contributed by atoms with Crippen molar-refractivity contribution in [3.63, 3.8) is 0 Å². The predicted octanol–water partition coefficient (Wildman–Crippen LogP) is 2.91. The minimum atomic E-state index is -3.65. The molecule has 0 aromatic heterocycles. The molecule has 1 amide bonds. The van der Waals surface area contributed by atoms with Crippen LogP contribution in [0.15, 0.2) is 53.4 Å². The van der Waals surface area contributed by atoms with E-state index in [4.69, 9.17) is 4.74 Å². The Morgan fingerprint density at radius 3 is 2.00 bits per heavy atom. The lowest BCUT2D eigenvalue weighted by atomic mass is 9.91. The van der Waals surface area contributed by atoms with Gasteiger partial charge in [0, 0.05) is 31.6 Å². The summed E-state index contributed by atoms with van der Waals surface area (Å²) in [6.07, 6.45) is 0. The van der Waals surface area contributed by atoms with Crippen molar-refractivity contribution in [3.8, 4) is 0 Å². The zero-order chi connectivity index (χ0) is 25.1. The molecular weight excluding hydrogens is 456 g/mol. The highest BCUT2D eigenvalue weighted by Gasteiger charge is 2.32. The number of nitrogens with zero attached hydrogens (tertiary/aromatic N) is 2. The summed E-state index contributed by atoms with van der Waals surface area (Å²) in [5, 5.41) is 0. The van der Waals surface area contributed by atoms with Crippen molar-refractivity contribution in [1.82, 2.24) is 9.21 Å². The molecular formula is C25H30N2O6S. The molecule has 1 saturated heterocycles. The third-order valence-corrected chi connectivity index (χ3v) is 7.65. The van der Waals surface area contributed by atoms with Gasteiger partial charge in [0.05, 0.1) is 16.0 Å². The molecule has 1 aliphatic heterocycles. The molecule has 1 heterocycles. The van der Waals surface area contributed by atoms with Crippen LogP contribution < -0.4 is 0 Å². The Hall–Kier alpha value is -3.04. The van der Waals surface area contributed by atoms with Crippen LogP contribution in [-0.2, 0) is 19.6 Å². The maximum Gasteiger partial charge on any atom is 0.339 e. The minimum absolute atomic E-state index is 0.0731. The topological polar surface area (TPSA) is 101 Å². The summed E-state index contributed by atoms with van der Waals surface area (Å²) < 4.78 is 32.4. The lowest BCUT2D eigenvalue weighted by molar-refractivity contribution is -0.129. The third-order valence-electron chi connectivity index (χ3n) is 5.73. The summed E-state index contributed by atoms with van der Waals surface area (Å²) in [4.78, 5) is 39.6. The number of rotatable bonds is 6. The molecule has 8 nitrogen and oxygen atoms in total. The van der Waals surface area contributed by atoms with E-state index in [1.54, 1.807) is 57.2 Å². The van der Waals surface area contributed by atoms with E-state index in [-0.39, 0.29) is 60.5 Å². The first kappa shape index (κ1) is 25.6. The second-order valence-corrected chi connectivity index (χ2v) is 11.2. The van der Waals surface area contributed by atoms with Gasteiger partial charge in [-0.25, -0.2) is 13.2 Å². The summed E-state index contributed by atoms with van der Waals surface area (Å²) in [5.74, 6) is -1.36. The quantitative estimate of drug-likeness (QED) is 0.582. The lowest BCUT2D eigenvalue weighted by Gasteiger charge is -2.34. The molecule has 0 N–H and O–H groups in total. The average Bonchev–Trinajstić information content (AvgIpc) is 2.81. The number of esters is 1. The number of ether oxygens (including phenoxy) is 1. The number of ketones is 1. The molecule has 0 radical (unpaired) electrons. The van der Waals surface area contributed by atoms with E-state index in [1.807, 2.05) is 6.92 Å². The molecule has 34 heavy (non-hydrogen) atoms. The summed E-state index contributed by atoms with van der Waals surface area (Å²) in [6, 6.07) is 12.9. The number of carbonyl (C=O) groups excluding carboxylic acids is 3. The molecule has 1 fully saturated rings. The van der Waals surface area contributed by atoms with Crippen LogP contribution in [0.25, 0.3) is 0 Å². The van der Waals surface area contributed by atoms with Crippen LogP contribution in [0.2, 0.25) is 0 Å². The molecule has 182 valence electrons. The summed E-state index contributed by atoms with van der Waals surface area (Å²) in [6.45, 7) is 7.39. The van der Waals surface area contributed by atoms with E-state index in [1.165, 1.54) is 21.3 Å². The van der Waals surface area contributed by atoms with Crippen molar-refractivity contribution >= 4 is 27.7 Å². The number of sulfonamides is 1. The number of amides is 1. The molecule has 0 bridgehead atoms. The lowest BCUT2D eigenvalue weighted by Crippen LogP contribution is -2.50. The van der Waals surface area contributed by atoms with Gasteiger partial charge in [-0.3, -0.25) is 9.59 Å². The van der Waals surface area contributed by atoms with Crippen molar-refractivity contribution in [3.05, 3.63) is 65.2 Å². The van der Waals surface area contributed by atoms with Gasteiger partial charge in [0.25, 0.3) is 5.91 Å². The van der Waals surface area contributed by atoms with Gasteiger partial charge in [0.1, 0.15) is 0 Å². The zero-order valence-electron chi connectivity index (χ0n) is 19.9. The first-order chi connectivity index (χ1) is 15.9. The Bertz CT molecular complexity index is 1170. The SMILES string of the molecule is Cc1ccc(S(=O)(=O)N2CCN(C(=O)c3ccccc3C(=O)OCC(=O)C(C)(C)C)CC2)cc1. The number of hydrogen-bond acceptors (Lipinski definition) is 6. The third kappa shape index (κ3) is 5.71. The Morgan fingerprint density at radius 2 is 1.44 bits per heavy atom. The van der Waals surface area contributed by atoms with Crippen LogP contribution in [0.5, 0.6) is 0 Å². The van der Waals surface area contributed by atoms with Crippen LogP contribution in [0.1, 0.15) is 47.1 Å². The van der Waals surface area contributed by atoms with Gasteiger partial charge < -0.3 is 9.64 Å². The number of benzene rings is 2. The van der Waals surface area contributed by atoms with Crippen molar-refractivity contribution < 1.29 is 27.5 Å². The van der Waals surface area contributed by atoms with Crippen molar-refractivity contribution in [1.29, 1.82) is 0 Å². The first-order valence-electron chi connectivity index (χ1n) is 11.1. The fourth-order valence-corrected chi connectivity index (χ4v) is 4.86. The van der Waals surface area contributed by atoms with Crippen LogP contribution >= 0.6 is 0 Å². The Balaban J connectivity index is 1.68. The molecule has 0 saturated carbocycles. The first-order valence-corrected chi connectivity index (χ1v) is 12.5. The van der Waals surface area contributed by atoms with Crippen molar-refractivity contribution in [2.45, 2.75) is 32.6 Å². The number of hydrogen-bond donors (Lipinski definition) is 0.